The molecule has 0 aliphatic carbocycles. The molecule has 0 radical (unpaired) electrons. The van der Waals surface area contributed by atoms with Crippen molar-refractivity contribution in [3.63, 3.8) is 0 Å². The van der Waals surface area contributed by atoms with E-state index in [1.165, 1.54) is 25.3 Å². The Morgan fingerprint density at radius 2 is 1.81 bits per heavy atom. The standard InChI is InChI=1S/C15H12Cl2F2O2/c1-21-15-7-10(16)9(6-11(15)17)14(20)5-8-2-3-12(18)13(19)4-8/h2-4,6-7,14,20H,5H2,1H3. The largest absolute Gasteiger partial charge is 0.495 e. The maximum absolute atomic E-state index is 13.2. The molecular formula is C15H12Cl2F2O2. The SMILES string of the molecule is COc1cc(Cl)c(C(O)Cc2ccc(F)c(F)c2)cc1Cl. The van der Waals surface area contributed by atoms with E-state index in [0.717, 1.165) is 12.1 Å². The van der Waals surface area contributed by atoms with Crippen LogP contribution in [0.3, 0.4) is 0 Å². The van der Waals surface area contributed by atoms with Crippen LogP contribution in [0.15, 0.2) is 30.3 Å². The van der Waals surface area contributed by atoms with E-state index in [-0.39, 0.29) is 11.4 Å². The van der Waals surface area contributed by atoms with Gasteiger partial charge in [-0.15, -0.1) is 0 Å². The summed E-state index contributed by atoms with van der Waals surface area (Å²) in [7, 11) is 1.45. The third kappa shape index (κ3) is 3.64. The highest BCUT2D eigenvalue weighted by Gasteiger charge is 2.16. The van der Waals surface area contributed by atoms with Crippen LogP contribution in [0.4, 0.5) is 8.78 Å². The summed E-state index contributed by atoms with van der Waals surface area (Å²) >= 11 is 12.1. The molecular weight excluding hydrogens is 321 g/mol. The first kappa shape index (κ1) is 16.0. The van der Waals surface area contributed by atoms with E-state index in [9.17, 15) is 13.9 Å². The lowest BCUT2D eigenvalue weighted by Gasteiger charge is -2.15. The van der Waals surface area contributed by atoms with Gasteiger partial charge in [0.05, 0.1) is 23.3 Å². The quantitative estimate of drug-likeness (QED) is 0.889. The number of rotatable bonds is 4. The number of aliphatic hydroxyl groups excluding tert-OH is 1. The van der Waals surface area contributed by atoms with E-state index in [1.807, 2.05) is 0 Å². The maximum Gasteiger partial charge on any atom is 0.159 e. The van der Waals surface area contributed by atoms with Gasteiger partial charge in [0.25, 0.3) is 0 Å². The van der Waals surface area contributed by atoms with Gasteiger partial charge in [0.15, 0.2) is 11.6 Å². The van der Waals surface area contributed by atoms with E-state index in [0.29, 0.717) is 21.9 Å². The number of ether oxygens (including phenoxy) is 1. The minimum Gasteiger partial charge on any atom is -0.495 e. The van der Waals surface area contributed by atoms with Crippen molar-refractivity contribution in [2.75, 3.05) is 7.11 Å². The second kappa shape index (κ2) is 6.60. The summed E-state index contributed by atoms with van der Waals surface area (Å²) in [6.45, 7) is 0. The van der Waals surface area contributed by atoms with Gasteiger partial charge in [0.2, 0.25) is 0 Å². The van der Waals surface area contributed by atoms with E-state index in [4.69, 9.17) is 27.9 Å². The third-order valence-corrected chi connectivity index (χ3v) is 3.67. The average molecular weight is 333 g/mol. The summed E-state index contributed by atoms with van der Waals surface area (Å²) in [6, 6.07) is 6.44. The molecule has 0 amide bonds. The summed E-state index contributed by atoms with van der Waals surface area (Å²) in [6.07, 6.45) is -0.912. The van der Waals surface area contributed by atoms with Crippen LogP contribution in [-0.2, 0) is 6.42 Å². The van der Waals surface area contributed by atoms with Crippen molar-refractivity contribution < 1.29 is 18.6 Å². The number of hydrogen-bond donors (Lipinski definition) is 1. The Morgan fingerprint density at radius 3 is 2.43 bits per heavy atom. The van der Waals surface area contributed by atoms with Crippen molar-refractivity contribution >= 4 is 23.2 Å². The van der Waals surface area contributed by atoms with Crippen LogP contribution in [-0.4, -0.2) is 12.2 Å². The Morgan fingerprint density at radius 1 is 1.10 bits per heavy atom. The zero-order valence-electron chi connectivity index (χ0n) is 11.0. The Bertz CT molecular complexity index is 662. The van der Waals surface area contributed by atoms with Crippen LogP contribution in [0.2, 0.25) is 10.0 Å². The molecule has 0 fully saturated rings. The van der Waals surface area contributed by atoms with Crippen molar-refractivity contribution in [1.29, 1.82) is 0 Å². The van der Waals surface area contributed by atoms with E-state index < -0.39 is 17.7 Å². The lowest BCUT2D eigenvalue weighted by Crippen LogP contribution is -2.04. The molecule has 2 aromatic carbocycles. The van der Waals surface area contributed by atoms with Gasteiger partial charge in [-0.05, 0) is 23.8 Å². The molecule has 0 aliphatic rings. The number of aliphatic hydroxyl groups is 1. The fraction of sp³-hybridized carbons (Fsp3) is 0.200. The number of hydrogen-bond acceptors (Lipinski definition) is 2. The third-order valence-electron chi connectivity index (χ3n) is 3.04. The minimum absolute atomic E-state index is 0.0829. The second-order valence-corrected chi connectivity index (χ2v) is 5.29. The number of halogens is 4. The van der Waals surface area contributed by atoms with Crippen molar-refractivity contribution in [3.05, 3.63) is 63.1 Å². The highest BCUT2D eigenvalue weighted by Crippen LogP contribution is 2.35. The predicted octanol–water partition coefficient (Wildman–Crippen LogP) is 4.56. The van der Waals surface area contributed by atoms with Gasteiger partial charge in [-0.25, -0.2) is 8.78 Å². The van der Waals surface area contributed by atoms with Crippen molar-refractivity contribution in [2.24, 2.45) is 0 Å². The smallest absolute Gasteiger partial charge is 0.159 e. The Balaban J connectivity index is 2.25. The highest BCUT2D eigenvalue weighted by molar-refractivity contribution is 6.34. The van der Waals surface area contributed by atoms with Crippen LogP contribution in [0, 0.1) is 11.6 Å². The zero-order chi connectivity index (χ0) is 15.6. The van der Waals surface area contributed by atoms with Gasteiger partial charge >= 0.3 is 0 Å². The molecule has 0 spiro atoms. The second-order valence-electron chi connectivity index (χ2n) is 4.48. The molecule has 6 heteroatoms. The Hall–Kier alpha value is -1.36. The van der Waals surface area contributed by atoms with Crippen LogP contribution < -0.4 is 4.74 Å². The summed E-state index contributed by atoms with van der Waals surface area (Å²) in [5.41, 5.74) is 0.844. The van der Waals surface area contributed by atoms with Crippen molar-refractivity contribution in [1.82, 2.24) is 0 Å². The van der Waals surface area contributed by atoms with Gasteiger partial charge < -0.3 is 9.84 Å². The summed E-state index contributed by atoms with van der Waals surface area (Å²) in [4.78, 5) is 0. The van der Waals surface area contributed by atoms with Gasteiger partial charge in [-0.2, -0.15) is 0 Å². The van der Waals surface area contributed by atoms with Crippen molar-refractivity contribution in [3.8, 4) is 5.75 Å². The molecule has 0 aromatic heterocycles. The maximum atomic E-state index is 13.2. The first-order chi connectivity index (χ1) is 9.92. The van der Waals surface area contributed by atoms with Crippen LogP contribution in [0.5, 0.6) is 5.75 Å². The van der Waals surface area contributed by atoms with Gasteiger partial charge in [-0.1, -0.05) is 29.3 Å². The van der Waals surface area contributed by atoms with Crippen LogP contribution in [0.1, 0.15) is 17.2 Å². The van der Waals surface area contributed by atoms with E-state index >= 15 is 0 Å². The van der Waals surface area contributed by atoms with E-state index in [1.54, 1.807) is 0 Å². The predicted molar refractivity (Wildman–Crippen MR) is 78.0 cm³/mol. The average Bonchev–Trinajstić information content (AvgIpc) is 2.44. The topological polar surface area (TPSA) is 29.5 Å². The number of benzene rings is 2. The molecule has 112 valence electrons. The molecule has 1 unspecified atom stereocenters. The lowest BCUT2D eigenvalue weighted by atomic mass is 10.0. The van der Waals surface area contributed by atoms with Crippen molar-refractivity contribution in [2.45, 2.75) is 12.5 Å². The summed E-state index contributed by atoms with van der Waals surface area (Å²) in [5, 5.41) is 10.8. The molecule has 0 bridgehead atoms. The molecule has 2 rings (SSSR count). The monoisotopic (exact) mass is 332 g/mol. The molecule has 1 atom stereocenters. The molecule has 0 saturated heterocycles. The van der Waals surface area contributed by atoms with E-state index in [2.05, 4.69) is 0 Å². The minimum atomic E-state index is -0.995. The zero-order valence-corrected chi connectivity index (χ0v) is 12.6. The molecule has 1 N–H and O–H groups in total. The van der Waals surface area contributed by atoms with Crippen LogP contribution >= 0.6 is 23.2 Å². The van der Waals surface area contributed by atoms with Crippen LogP contribution in [0.25, 0.3) is 0 Å². The fourth-order valence-electron chi connectivity index (χ4n) is 1.96. The molecule has 0 saturated carbocycles. The van der Waals surface area contributed by atoms with Gasteiger partial charge in [0.1, 0.15) is 5.75 Å². The van der Waals surface area contributed by atoms with Gasteiger partial charge in [0, 0.05) is 18.1 Å². The molecule has 2 aromatic rings. The Kier molecular flexibility index (Phi) is 5.04. The first-order valence-corrected chi connectivity index (χ1v) is 6.83. The Labute approximate surface area is 130 Å². The fourth-order valence-corrected chi connectivity index (χ4v) is 2.48. The van der Waals surface area contributed by atoms with Gasteiger partial charge in [-0.3, -0.25) is 0 Å². The lowest BCUT2D eigenvalue weighted by molar-refractivity contribution is 0.178. The summed E-state index contributed by atoms with van der Waals surface area (Å²) < 4.78 is 31.0. The summed E-state index contributed by atoms with van der Waals surface area (Å²) in [5.74, 6) is -1.50. The molecule has 0 aliphatic heterocycles. The highest BCUT2D eigenvalue weighted by atomic mass is 35.5. The first-order valence-electron chi connectivity index (χ1n) is 6.07. The normalized spacial score (nSPS) is 12.3. The molecule has 2 nitrogen and oxygen atoms in total. The number of methoxy groups -OCH3 is 1. The molecule has 21 heavy (non-hydrogen) atoms. The molecule has 0 heterocycles.